The highest BCUT2D eigenvalue weighted by molar-refractivity contribution is 6.66. The molecule has 0 radical (unpaired) electrons. The van der Waals surface area contributed by atoms with Gasteiger partial charge in [0.15, 0.2) is 12.2 Å². The van der Waals surface area contributed by atoms with Crippen molar-refractivity contribution in [1.82, 2.24) is 10.2 Å². The minimum atomic E-state index is -0.549. The zero-order valence-corrected chi connectivity index (χ0v) is 44.6. The van der Waals surface area contributed by atoms with Crippen molar-refractivity contribution in [3.63, 3.8) is 0 Å². The molecule has 0 spiro atoms. The van der Waals surface area contributed by atoms with E-state index in [1.807, 2.05) is 46.2 Å². The second-order valence-electron chi connectivity index (χ2n) is 20.4. The van der Waals surface area contributed by atoms with Crippen LogP contribution in [0.1, 0.15) is 51.7 Å². The number of ether oxygens (including phenoxy) is 2. The van der Waals surface area contributed by atoms with Gasteiger partial charge >= 0.3 is 0 Å². The molecule has 4 aliphatic rings. The molecular weight excluding hydrogens is 979 g/mol. The summed E-state index contributed by atoms with van der Waals surface area (Å²) in [6.07, 6.45) is 2.70. The van der Waals surface area contributed by atoms with E-state index in [9.17, 15) is 19.2 Å². The number of benzene rings is 6. The van der Waals surface area contributed by atoms with Gasteiger partial charge in [0.25, 0.3) is 11.8 Å². The molecule has 0 aromatic heterocycles. The Morgan fingerprint density at radius 3 is 1.45 bits per heavy atom. The van der Waals surface area contributed by atoms with E-state index in [2.05, 4.69) is 121 Å². The highest BCUT2D eigenvalue weighted by Gasteiger charge is 2.40. The zero-order valence-electron chi connectivity index (χ0n) is 42.4. The lowest BCUT2D eigenvalue weighted by atomic mass is 9.94. The van der Waals surface area contributed by atoms with Crippen LogP contribution in [0.5, 0.6) is 11.5 Å². The third-order valence-corrected chi connectivity index (χ3v) is 14.4. The molecule has 0 bridgehead atoms. The Bertz CT molecular complexity index is 3110. The highest BCUT2D eigenvalue weighted by Crippen LogP contribution is 2.47. The summed E-state index contributed by atoms with van der Waals surface area (Å²) in [4.78, 5) is 53.7. The molecule has 0 aliphatic carbocycles. The van der Waals surface area contributed by atoms with Gasteiger partial charge in [-0.25, -0.2) is 0 Å². The average molecular weight is 1040 g/mol. The Hall–Kier alpha value is -6.17. The SMILES string of the molecule is C=CC(=O)Cl.C=CC(=O)N1CC(CN2C(=O)C(CC(C)C)Oc3cc(-c4cc(C)cc5ccccc45)c(Cl)cc32)C1.Cc1cc(-c2cc3c(cc2Cl)N(CC2CNC2)C(=O)C(CC(C)C)O3)c2ccccc2c1. The summed E-state index contributed by atoms with van der Waals surface area (Å²) in [7, 11) is 0. The Morgan fingerprint density at radius 1 is 0.644 bits per heavy atom. The highest BCUT2D eigenvalue weighted by atomic mass is 35.5. The Balaban J connectivity index is 0.000000179. The van der Waals surface area contributed by atoms with E-state index in [1.54, 1.807) is 4.90 Å². The minimum absolute atomic E-state index is 0.0444. The molecule has 6 aromatic carbocycles. The number of carbonyl (C=O) groups excluding carboxylic acids is 4. The normalized spacial score (nSPS) is 17.3. The first kappa shape index (κ1) is 53.1. The van der Waals surface area contributed by atoms with Gasteiger partial charge in [-0.1, -0.05) is 137 Å². The van der Waals surface area contributed by atoms with Crippen LogP contribution in [0.3, 0.4) is 0 Å². The monoisotopic (exact) mass is 1040 g/mol. The fraction of sp³-hybridized carbons (Fsp3) is 0.333. The van der Waals surface area contributed by atoms with E-state index >= 15 is 0 Å². The van der Waals surface area contributed by atoms with Gasteiger partial charge < -0.3 is 29.5 Å². The van der Waals surface area contributed by atoms with Crippen LogP contribution in [0.4, 0.5) is 11.4 Å². The van der Waals surface area contributed by atoms with Gasteiger partial charge in [0.1, 0.15) is 11.5 Å². The van der Waals surface area contributed by atoms with Gasteiger partial charge in [-0.15, -0.1) is 0 Å². The van der Waals surface area contributed by atoms with Gasteiger partial charge in [-0.3, -0.25) is 19.2 Å². The minimum Gasteiger partial charge on any atom is -0.478 e. The maximum absolute atomic E-state index is 13.5. The number of fused-ring (bicyclic) bond motifs is 4. The number of likely N-dealkylation sites (tertiary alicyclic amines) is 1. The molecule has 13 heteroatoms. The molecule has 380 valence electrons. The molecular formula is C60H63Cl3N4O6. The fourth-order valence-electron chi connectivity index (χ4n) is 9.99. The molecule has 2 fully saturated rings. The number of allylic oxidation sites excluding steroid dienone is 1. The van der Waals surface area contributed by atoms with Crippen LogP contribution >= 0.6 is 34.8 Å². The van der Waals surface area contributed by atoms with Crippen LogP contribution in [0.2, 0.25) is 10.0 Å². The van der Waals surface area contributed by atoms with Crippen LogP contribution in [0.25, 0.3) is 43.8 Å². The Kier molecular flexibility index (Phi) is 16.7. The van der Waals surface area contributed by atoms with Gasteiger partial charge in [0.2, 0.25) is 11.1 Å². The predicted molar refractivity (Wildman–Crippen MR) is 298 cm³/mol. The van der Waals surface area contributed by atoms with Crippen molar-refractivity contribution in [1.29, 1.82) is 0 Å². The zero-order chi connectivity index (χ0) is 52.2. The topological polar surface area (TPSA) is 108 Å². The number of hydrogen-bond donors (Lipinski definition) is 1. The fourth-order valence-corrected chi connectivity index (χ4v) is 10.5. The smallest absolute Gasteiger partial charge is 0.268 e. The van der Waals surface area contributed by atoms with Gasteiger partial charge in [-0.05, 0) is 130 Å². The molecule has 6 aromatic rings. The van der Waals surface area contributed by atoms with Crippen LogP contribution in [-0.2, 0) is 19.2 Å². The van der Waals surface area contributed by atoms with E-state index < -0.39 is 17.5 Å². The first-order valence-electron chi connectivity index (χ1n) is 25.0. The number of amides is 3. The number of nitrogens with zero attached hydrogens (tertiary/aromatic N) is 3. The van der Waals surface area contributed by atoms with Gasteiger partial charge in [0, 0.05) is 62.2 Å². The summed E-state index contributed by atoms with van der Waals surface area (Å²) < 4.78 is 12.6. The standard InChI is InChI=1S/C30H31ClN2O3.C27H29ClN2O2.C3H3ClO/c1-5-29(34)32-15-20(16-32)17-33-26-14-25(31)24(13-27(26)36-28(30(33)35)10-18(2)3)23-12-19(4)11-21-8-6-7-9-22(21)23;1-16(2)8-26-27(31)30(15-18-13-29-14-18)24-12-23(28)22(11-25(24)32-26)21-10-17(3)9-19-6-4-5-7-20(19)21;1-2-3(4)5/h5-9,11-14,18,20,28H,1,10,15-17H2,2-4H3;4-7,9-12,16,18,26,29H,8,13-15H2,1-3H3;2H,1H2. The summed E-state index contributed by atoms with van der Waals surface area (Å²) >= 11 is 18.5. The van der Waals surface area contributed by atoms with E-state index in [1.165, 1.54) is 17.0 Å². The third-order valence-electron chi connectivity index (χ3n) is 13.6. The number of anilines is 2. The summed E-state index contributed by atoms with van der Waals surface area (Å²) in [5.74, 6) is 2.67. The first-order valence-corrected chi connectivity index (χ1v) is 26.1. The average Bonchev–Trinajstić information content (AvgIpc) is 3.32. The van der Waals surface area contributed by atoms with Crippen molar-refractivity contribution in [3.05, 3.63) is 144 Å². The van der Waals surface area contributed by atoms with Gasteiger partial charge in [0.05, 0.1) is 21.4 Å². The van der Waals surface area contributed by atoms with E-state index in [0.717, 1.165) is 74.6 Å². The van der Waals surface area contributed by atoms with Crippen molar-refractivity contribution in [2.24, 2.45) is 23.7 Å². The molecule has 2 unspecified atom stereocenters. The molecule has 3 amide bonds. The Labute approximate surface area is 443 Å². The van der Waals surface area contributed by atoms with Crippen LogP contribution in [-0.4, -0.2) is 79.3 Å². The Morgan fingerprint density at radius 2 is 1.07 bits per heavy atom. The molecule has 1 N–H and O–H groups in total. The number of nitrogens with one attached hydrogen (secondary N) is 1. The lowest BCUT2D eigenvalue weighted by molar-refractivity contribution is -0.132. The van der Waals surface area contributed by atoms with Crippen molar-refractivity contribution < 1.29 is 28.7 Å². The van der Waals surface area contributed by atoms with Gasteiger partial charge in [-0.2, -0.15) is 0 Å². The molecule has 0 saturated carbocycles. The van der Waals surface area contributed by atoms with E-state index in [4.69, 9.17) is 44.3 Å². The number of carbonyl (C=O) groups is 4. The lowest BCUT2D eigenvalue weighted by Gasteiger charge is -2.43. The van der Waals surface area contributed by atoms with Crippen molar-refractivity contribution >= 4 is 90.7 Å². The lowest BCUT2D eigenvalue weighted by Crippen LogP contribution is -2.56. The van der Waals surface area contributed by atoms with Crippen LogP contribution in [0.15, 0.2) is 122 Å². The molecule has 10 rings (SSSR count). The number of halogens is 3. The summed E-state index contributed by atoms with van der Waals surface area (Å²) in [6.45, 7) is 23.6. The van der Waals surface area contributed by atoms with Crippen molar-refractivity contribution in [3.8, 4) is 33.8 Å². The van der Waals surface area contributed by atoms with Crippen LogP contribution < -0.4 is 24.6 Å². The first-order chi connectivity index (χ1) is 34.9. The summed E-state index contributed by atoms with van der Waals surface area (Å²) in [5.41, 5.74) is 7.77. The maximum Gasteiger partial charge on any atom is 0.268 e. The molecule has 73 heavy (non-hydrogen) atoms. The molecule has 2 atom stereocenters. The summed E-state index contributed by atoms with van der Waals surface area (Å²) in [6, 6.07) is 33.1. The predicted octanol–water partition coefficient (Wildman–Crippen LogP) is 13.0. The number of rotatable bonds is 12. The summed E-state index contributed by atoms with van der Waals surface area (Å²) in [5, 5.41) is 8.61. The molecule has 2 saturated heterocycles. The number of aryl methyl sites for hydroxylation is 2. The second kappa shape index (κ2) is 22.9. The third kappa shape index (κ3) is 11.9. The second-order valence-corrected chi connectivity index (χ2v) is 21.6. The van der Waals surface area contributed by atoms with E-state index in [-0.39, 0.29) is 23.6 Å². The number of hydrogen-bond acceptors (Lipinski definition) is 7. The van der Waals surface area contributed by atoms with Crippen molar-refractivity contribution in [2.45, 2.75) is 66.6 Å². The van der Waals surface area contributed by atoms with Crippen molar-refractivity contribution in [2.75, 3.05) is 49.1 Å². The molecule has 4 aliphatic heterocycles. The quantitative estimate of drug-likeness (QED) is 0.0960. The largest absolute Gasteiger partial charge is 0.478 e. The molecule has 4 heterocycles. The molecule has 10 nitrogen and oxygen atoms in total. The van der Waals surface area contributed by atoms with Crippen LogP contribution in [0, 0.1) is 37.5 Å². The van der Waals surface area contributed by atoms with E-state index in [0.29, 0.717) is 78.3 Å². The maximum atomic E-state index is 13.5.